The molecule has 1 aliphatic rings. The molecule has 4 aromatic rings. The first-order valence-corrected chi connectivity index (χ1v) is 11.2. The largest absolute Gasteiger partial charge is 0.368 e. The standard InChI is InChI=1S/C25H24ClN5/c1-2-5-18-16-24(30-14-12-29(13-15-30)20-10-8-19(26)9-11-20)31-23-7-4-3-6-22(23)28-25(31)21(18)17-27/h3-4,6-11,16H,2,5,12-15H2,1H3. The molecule has 2 aromatic heterocycles. The normalized spacial score (nSPS) is 14.4. The molecule has 3 heterocycles. The van der Waals surface area contributed by atoms with E-state index in [0.29, 0.717) is 5.56 Å². The second kappa shape index (κ2) is 8.13. The van der Waals surface area contributed by atoms with Crippen molar-refractivity contribution in [2.45, 2.75) is 19.8 Å². The minimum atomic E-state index is 0.696. The number of fused-ring (bicyclic) bond motifs is 3. The number of hydrogen-bond acceptors (Lipinski definition) is 4. The van der Waals surface area contributed by atoms with Crippen LogP contribution in [0, 0.1) is 11.3 Å². The number of imidazole rings is 1. The molecule has 0 unspecified atom stereocenters. The van der Waals surface area contributed by atoms with Crippen molar-refractivity contribution < 1.29 is 0 Å². The maximum absolute atomic E-state index is 9.92. The first-order valence-electron chi connectivity index (χ1n) is 10.8. The number of benzene rings is 2. The summed E-state index contributed by atoms with van der Waals surface area (Å²) in [5, 5.41) is 10.7. The van der Waals surface area contributed by atoms with Gasteiger partial charge in [-0.15, -0.1) is 0 Å². The van der Waals surface area contributed by atoms with Crippen molar-refractivity contribution in [2.75, 3.05) is 36.0 Å². The molecule has 0 amide bonds. The summed E-state index contributed by atoms with van der Waals surface area (Å²) in [6.07, 6.45) is 1.87. The maximum atomic E-state index is 9.92. The van der Waals surface area contributed by atoms with Crippen molar-refractivity contribution in [3.63, 3.8) is 0 Å². The molecule has 5 rings (SSSR count). The lowest BCUT2D eigenvalue weighted by molar-refractivity contribution is 0.645. The van der Waals surface area contributed by atoms with Crippen molar-refractivity contribution >= 4 is 39.8 Å². The highest BCUT2D eigenvalue weighted by atomic mass is 35.5. The molecule has 1 aliphatic heterocycles. The van der Waals surface area contributed by atoms with Gasteiger partial charge in [-0.05, 0) is 54.4 Å². The van der Waals surface area contributed by atoms with Crippen LogP contribution in [0.15, 0.2) is 54.6 Å². The van der Waals surface area contributed by atoms with Crippen LogP contribution in [0.4, 0.5) is 11.5 Å². The van der Waals surface area contributed by atoms with E-state index >= 15 is 0 Å². The van der Waals surface area contributed by atoms with Gasteiger partial charge < -0.3 is 9.80 Å². The molecule has 6 heteroatoms. The quantitative estimate of drug-likeness (QED) is 0.442. The zero-order chi connectivity index (χ0) is 21.4. The zero-order valence-corrected chi connectivity index (χ0v) is 18.3. The monoisotopic (exact) mass is 429 g/mol. The van der Waals surface area contributed by atoms with Gasteiger partial charge in [-0.25, -0.2) is 4.98 Å². The molecule has 0 spiro atoms. The molecule has 0 radical (unpaired) electrons. The van der Waals surface area contributed by atoms with Gasteiger partial charge in [0, 0.05) is 36.9 Å². The van der Waals surface area contributed by atoms with Gasteiger partial charge in [0.25, 0.3) is 0 Å². The van der Waals surface area contributed by atoms with Gasteiger partial charge in [-0.1, -0.05) is 37.1 Å². The summed E-state index contributed by atoms with van der Waals surface area (Å²) in [5.41, 5.74) is 5.73. The van der Waals surface area contributed by atoms with Crippen LogP contribution >= 0.6 is 11.6 Å². The van der Waals surface area contributed by atoms with E-state index < -0.39 is 0 Å². The van der Waals surface area contributed by atoms with Gasteiger partial charge in [-0.3, -0.25) is 4.40 Å². The Morgan fingerprint density at radius 2 is 1.71 bits per heavy atom. The molecule has 1 fully saturated rings. The molecular formula is C25H24ClN5. The summed E-state index contributed by atoms with van der Waals surface area (Å²) in [7, 11) is 0. The average Bonchev–Trinajstić information content (AvgIpc) is 3.19. The minimum absolute atomic E-state index is 0.696. The second-order valence-electron chi connectivity index (χ2n) is 7.97. The minimum Gasteiger partial charge on any atom is -0.368 e. The number of anilines is 2. The van der Waals surface area contributed by atoms with Crippen molar-refractivity contribution in [3.05, 3.63) is 70.7 Å². The van der Waals surface area contributed by atoms with Crippen LogP contribution < -0.4 is 9.80 Å². The lowest BCUT2D eigenvalue weighted by atomic mass is 10.0. The molecule has 0 aliphatic carbocycles. The lowest BCUT2D eigenvalue weighted by Crippen LogP contribution is -2.47. The summed E-state index contributed by atoms with van der Waals surface area (Å²) >= 11 is 6.05. The topological polar surface area (TPSA) is 47.6 Å². The number of piperazine rings is 1. The van der Waals surface area contributed by atoms with Crippen LogP contribution in [-0.2, 0) is 6.42 Å². The summed E-state index contributed by atoms with van der Waals surface area (Å²) in [5.74, 6) is 1.13. The number of aryl methyl sites for hydroxylation is 1. The maximum Gasteiger partial charge on any atom is 0.157 e. The van der Waals surface area contributed by atoms with E-state index in [1.165, 1.54) is 5.69 Å². The highest BCUT2D eigenvalue weighted by molar-refractivity contribution is 6.30. The van der Waals surface area contributed by atoms with E-state index in [0.717, 1.165) is 72.1 Å². The fourth-order valence-electron chi connectivity index (χ4n) is 4.53. The van der Waals surface area contributed by atoms with Gasteiger partial charge in [-0.2, -0.15) is 5.26 Å². The highest BCUT2D eigenvalue weighted by Crippen LogP contribution is 2.31. The molecule has 31 heavy (non-hydrogen) atoms. The first-order chi connectivity index (χ1) is 15.2. The van der Waals surface area contributed by atoms with Crippen molar-refractivity contribution in [3.8, 4) is 6.07 Å². The zero-order valence-electron chi connectivity index (χ0n) is 17.6. The number of nitriles is 1. The van der Waals surface area contributed by atoms with Crippen LogP contribution in [0.25, 0.3) is 16.7 Å². The Bertz CT molecular complexity index is 1280. The molecule has 0 N–H and O–H groups in total. The van der Waals surface area contributed by atoms with E-state index in [9.17, 15) is 5.26 Å². The van der Waals surface area contributed by atoms with Crippen molar-refractivity contribution in [1.82, 2.24) is 9.38 Å². The third kappa shape index (κ3) is 3.47. The number of halogens is 1. The smallest absolute Gasteiger partial charge is 0.157 e. The summed E-state index contributed by atoms with van der Waals surface area (Å²) < 4.78 is 2.17. The average molecular weight is 430 g/mol. The third-order valence-corrected chi connectivity index (χ3v) is 6.32. The molecule has 5 nitrogen and oxygen atoms in total. The Hall–Kier alpha value is -3.23. The number of nitrogens with zero attached hydrogens (tertiary/aromatic N) is 5. The van der Waals surface area contributed by atoms with Gasteiger partial charge in [0.2, 0.25) is 0 Å². The van der Waals surface area contributed by atoms with Gasteiger partial charge in [0.15, 0.2) is 5.65 Å². The summed E-state index contributed by atoms with van der Waals surface area (Å²) in [6.45, 7) is 5.82. The van der Waals surface area contributed by atoms with Crippen molar-refractivity contribution in [2.24, 2.45) is 0 Å². The number of para-hydroxylation sites is 2. The fraction of sp³-hybridized carbons (Fsp3) is 0.280. The molecule has 1 saturated heterocycles. The van der Waals surface area contributed by atoms with E-state index in [4.69, 9.17) is 16.6 Å². The third-order valence-electron chi connectivity index (χ3n) is 6.06. The number of pyridine rings is 1. The lowest BCUT2D eigenvalue weighted by Gasteiger charge is -2.37. The predicted octanol–water partition coefficient (Wildman–Crippen LogP) is 5.29. The molecule has 2 aromatic carbocycles. The van der Waals surface area contributed by atoms with Crippen molar-refractivity contribution in [1.29, 1.82) is 5.26 Å². The number of aromatic nitrogens is 2. The van der Waals surface area contributed by atoms with E-state index in [1.54, 1.807) is 0 Å². The Morgan fingerprint density at radius 3 is 2.42 bits per heavy atom. The van der Waals surface area contributed by atoms with Crippen LogP contribution in [0.2, 0.25) is 5.02 Å². The second-order valence-corrected chi connectivity index (χ2v) is 8.41. The van der Waals surface area contributed by atoms with Crippen LogP contribution in [-0.4, -0.2) is 35.6 Å². The molecule has 0 atom stereocenters. The van der Waals surface area contributed by atoms with Crippen LogP contribution in [0.3, 0.4) is 0 Å². The van der Waals surface area contributed by atoms with Gasteiger partial charge in [0.05, 0.1) is 16.6 Å². The Balaban J connectivity index is 1.56. The van der Waals surface area contributed by atoms with Gasteiger partial charge >= 0.3 is 0 Å². The molecule has 0 bridgehead atoms. The Labute approximate surface area is 187 Å². The number of rotatable bonds is 4. The number of hydrogen-bond donors (Lipinski definition) is 0. The van der Waals surface area contributed by atoms with E-state index in [1.807, 2.05) is 30.3 Å². The highest BCUT2D eigenvalue weighted by Gasteiger charge is 2.23. The molecule has 156 valence electrons. The first kappa shape index (κ1) is 19.7. The van der Waals surface area contributed by atoms with Crippen LogP contribution in [0.5, 0.6) is 0 Å². The fourth-order valence-corrected chi connectivity index (χ4v) is 4.65. The van der Waals surface area contributed by atoms with Gasteiger partial charge in [0.1, 0.15) is 11.9 Å². The summed E-state index contributed by atoms with van der Waals surface area (Å²) in [6, 6.07) is 20.8. The Kier molecular flexibility index (Phi) is 5.17. The van der Waals surface area contributed by atoms with E-state index in [-0.39, 0.29) is 0 Å². The predicted molar refractivity (Wildman–Crippen MR) is 127 cm³/mol. The Morgan fingerprint density at radius 1 is 1.00 bits per heavy atom. The molecule has 0 saturated carbocycles. The van der Waals surface area contributed by atoms with Crippen LogP contribution in [0.1, 0.15) is 24.5 Å². The SMILES string of the molecule is CCCc1cc(N2CCN(c3ccc(Cl)cc3)CC2)n2c(nc3ccccc32)c1C#N. The summed E-state index contributed by atoms with van der Waals surface area (Å²) in [4.78, 5) is 9.67. The molecular weight excluding hydrogens is 406 g/mol. The van der Waals surface area contributed by atoms with E-state index in [2.05, 4.69) is 51.5 Å².